The number of phenols is 1. The lowest BCUT2D eigenvalue weighted by Crippen LogP contribution is -2.23. The molecule has 5 nitrogen and oxygen atoms in total. The van der Waals surface area contributed by atoms with E-state index in [4.69, 9.17) is 14.2 Å². The van der Waals surface area contributed by atoms with E-state index in [0.717, 1.165) is 5.56 Å². The quantitative estimate of drug-likeness (QED) is 0.650. The lowest BCUT2D eigenvalue weighted by molar-refractivity contribution is 0.0963. The van der Waals surface area contributed by atoms with Crippen LogP contribution in [0.4, 0.5) is 0 Å². The van der Waals surface area contributed by atoms with Crippen molar-refractivity contribution in [3.8, 4) is 23.0 Å². The van der Waals surface area contributed by atoms with Crippen LogP contribution in [-0.2, 0) is 0 Å². The first-order valence-electron chi connectivity index (χ1n) is 9.14. The molecule has 1 atom stereocenters. The second-order valence-electron chi connectivity index (χ2n) is 6.61. The molecule has 1 heterocycles. The fourth-order valence-electron chi connectivity index (χ4n) is 3.42. The highest BCUT2D eigenvalue weighted by atomic mass is 16.5. The van der Waals surface area contributed by atoms with Gasteiger partial charge in [-0.3, -0.25) is 4.79 Å². The second-order valence-corrected chi connectivity index (χ2v) is 6.61. The van der Waals surface area contributed by atoms with Gasteiger partial charge < -0.3 is 19.3 Å². The van der Waals surface area contributed by atoms with Gasteiger partial charge in [0.1, 0.15) is 5.75 Å². The second kappa shape index (κ2) is 7.72. The Kier molecular flexibility index (Phi) is 4.96. The summed E-state index contributed by atoms with van der Waals surface area (Å²) < 4.78 is 16.7. The van der Waals surface area contributed by atoms with Crippen LogP contribution in [0.1, 0.15) is 27.6 Å². The molecule has 0 bridgehead atoms. The number of benzene rings is 3. The van der Waals surface area contributed by atoms with Crippen molar-refractivity contribution in [2.45, 2.75) is 6.10 Å². The largest absolute Gasteiger partial charge is 0.502 e. The fraction of sp³-hybridized carbons (Fsp3) is 0.125. The average molecular weight is 388 g/mol. The summed E-state index contributed by atoms with van der Waals surface area (Å²) >= 11 is 0. The van der Waals surface area contributed by atoms with E-state index >= 15 is 0 Å². The third kappa shape index (κ3) is 3.43. The molecule has 3 aromatic carbocycles. The molecule has 1 aliphatic rings. The van der Waals surface area contributed by atoms with Crippen LogP contribution in [0.3, 0.4) is 0 Å². The zero-order chi connectivity index (χ0) is 20.4. The van der Waals surface area contributed by atoms with Crippen LogP contribution in [0.2, 0.25) is 0 Å². The SMILES string of the molecule is COc1cc(C=C2C(=O)c3ccccc3OC2c2ccccc2)cc(OC)c1O. The van der Waals surface area contributed by atoms with Gasteiger partial charge in [-0.15, -0.1) is 0 Å². The predicted molar refractivity (Wildman–Crippen MR) is 110 cm³/mol. The summed E-state index contributed by atoms with van der Waals surface area (Å²) in [5.41, 5.74) is 2.54. The van der Waals surface area contributed by atoms with E-state index in [1.807, 2.05) is 42.5 Å². The van der Waals surface area contributed by atoms with Gasteiger partial charge in [-0.25, -0.2) is 0 Å². The third-order valence-corrected chi connectivity index (χ3v) is 4.85. The highest BCUT2D eigenvalue weighted by Crippen LogP contribution is 2.41. The number of methoxy groups -OCH3 is 2. The number of Topliss-reactive ketones (excluding diaryl/α,β-unsaturated/α-hetero) is 1. The van der Waals surface area contributed by atoms with Crippen LogP contribution in [-0.4, -0.2) is 25.1 Å². The molecule has 29 heavy (non-hydrogen) atoms. The molecule has 0 aromatic heterocycles. The Balaban J connectivity index is 1.88. The van der Waals surface area contributed by atoms with Gasteiger partial charge in [0.05, 0.1) is 19.8 Å². The lowest BCUT2D eigenvalue weighted by atomic mass is 9.89. The Hall–Kier alpha value is -3.73. The zero-order valence-corrected chi connectivity index (χ0v) is 16.1. The van der Waals surface area contributed by atoms with E-state index in [0.29, 0.717) is 22.4 Å². The van der Waals surface area contributed by atoms with E-state index in [9.17, 15) is 9.90 Å². The first kappa shape index (κ1) is 18.6. The van der Waals surface area contributed by atoms with Crippen molar-refractivity contribution >= 4 is 11.9 Å². The topological polar surface area (TPSA) is 65.0 Å². The summed E-state index contributed by atoms with van der Waals surface area (Å²) in [6.07, 6.45) is 1.20. The molecule has 0 aliphatic carbocycles. The standard InChI is InChI=1S/C24H20O5/c1-27-20-13-15(14-21(28-2)23(20)26)12-18-22(25)17-10-6-7-11-19(17)29-24(18)16-8-4-3-5-9-16/h3-14,24,26H,1-2H3. The average Bonchev–Trinajstić information content (AvgIpc) is 2.77. The van der Waals surface area contributed by atoms with Crippen molar-refractivity contribution in [2.24, 2.45) is 0 Å². The summed E-state index contributed by atoms with van der Waals surface area (Å²) in [4.78, 5) is 13.3. The summed E-state index contributed by atoms with van der Waals surface area (Å²) in [5, 5.41) is 10.2. The van der Waals surface area contributed by atoms with Crippen molar-refractivity contribution in [1.82, 2.24) is 0 Å². The van der Waals surface area contributed by atoms with Crippen LogP contribution >= 0.6 is 0 Å². The van der Waals surface area contributed by atoms with E-state index in [2.05, 4.69) is 0 Å². The van der Waals surface area contributed by atoms with Crippen LogP contribution in [0, 0.1) is 0 Å². The first-order chi connectivity index (χ1) is 14.1. The maximum Gasteiger partial charge on any atom is 0.200 e. The number of rotatable bonds is 4. The molecule has 0 saturated carbocycles. The third-order valence-electron chi connectivity index (χ3n) is 4.85. The van der Waals surface area contributed by atoms with Crippen LogP contribution in [0.15, 0.2) is 72.3 Å². The number of hydrogen-bond acceptors (Lipinski definition) is 5. The number of hydrogen-bond donors (Lipinski definition) is 1. The number of para-hydroxylation sites is 1. The Morgan fingerprint density at radius 2 is 1.55 bits per heavy atom. The Morgan fingerprint density at radius 3 is 2.21 bits per heavy atom. The van der Waals surface area contributed by atoms with Crippen LogP contribution in [0.25, 0.3) is 6.08 Å². The van der Waals surface area contributed by atoms with E-state index in [1.165, 1.54) is 14.2 Å². The van der Waals surface area contributed by atoms with Crippen LogP contribution < -0.4 is 14.2 Å². The fourth-order valence-corrected chi connectivity index (χ4v) is 3.42. The molecule has 1 aliphatic heterocycles. The molecule has 3 aromatic rings. The van der Waals surface area contributed by atoms with Crippen molar-refractivity contribution in [3.05, 3.63) is 89.0 Å². The van der Waals surface area contributed by atoms with E-state index in [-0.39, 0.29) is 23.0 Å². The number of carbonyl (C=O) groups excluding carboxylic acids is 1. The number of phenolic OH excluding ortho intramolecular Hbond substituents is 1. The molecular weight excluding hydrogens is 368 g/mol. The van der Waals surface area contributed by atoms with Gasteiger partial charge >= 0.3 is 0 Å². The van der Waals surface area contributed by atoms with Gasteiger partial charge in [-0.2, -0.15) is 0 Å². The normalized spacial score (nSPS) is 16.8. The first-order valence-corrected chi connectivity index (χ1v) is 9.14. The minimum atomic E-state index is -0.551. The molecule has 0 amide bonds. The van der Waals surface area contributed by atoms with Gasteiger partial charge in [0.25, 0.3) is 0 Å². The molecule has 0 saturated heterocycles. The molecule has 0 spiro atoms. The maximum atomic E-state index is 13.3. The summed E-state index contributed by atoms with van der Waals surface area (Å²) in [5.74, 6) is 0.887. The molecule has 146 valence electrons. The summed E-state index contributed by atoms with van der Waals surface area (Å²) in [6, 6.07) is 20.1. The maximum absolute atomic E-state index is 13.3. The molecular formula is C24H20O5. The number of ether oxygens (including phenoxy) is 3. The Labute approximate surface area is 168 Å². The smallest absolute Gasteiger partial charge is 0.200 e. The number of carbonyl (C=O) groups is 1. The summed E-state index contributed by atoms with van der Waals surface area (Å²) in [7, 11) is 2.92. The molecule has 4 rings (SSSR count). The van der Waals surface area contributed by atoms with Crippen molar-refractivity contribution < 1.29 is 24.1 Å². The number of aromatic hydroxyl groups is 1. The van der Waals surface area contributed by atoms with Gasteiger partial charge in [0.15, 0.2) is 23.4 Å². The number of ketones is 1. The molecule has 0 radical (unpaired) electrons. The molecule has 5 heteroatoms. The van der Waals surface area contributed by atoms with Gasteiger partial charge in [-0.05, 0) is 41.5 Å². The highest BCUT2D eigenvalue weighted by molar-refractivity contribution is 6.14. The monoisotopic (exact) mass is 388 g/mol. The van der Waals surface area contributed by atoms with Gasteiger partial charge in [-0.1, -0.05) is 42.5 Å². The van der Waals surface area contributed by atoms with Gasteiger partial charge in [0, 0.05) is 5.57 Å². The molecule has 1 unspecified atom stereocenters. The Bertz CT molecular complexity index is 1060. The summed E-state index contributed by atoms with van der Waals surface area (Å²) in [6.45, 7) is 0. The lowest BCUT2D eigenvalue weighted by Gasteiger charge is -2.28. The van der Waals surface area contributed by atoms with Gasteiger partial charge in [0.2, 0.25) is 5.75 Å². The minimum absolute atomic E-state index is 0.0895. The van der Waals surface area contributed by atoms with E-state index < -0.39 is 6.10 Å². The van der Waals surface area contributed by atoms with E-state index in [1.54, 1.807) is 30.3 Å². The van der Waals surface area contributed by atoms with Crippen molar-refractivity contribution in [3.63, 3.8) is 0 Å². The Morgan fingerprint density at radius 1 is 0.931 bits per heavy atom. The molecule has 0 fully saturated rings. The predicted octanol–water partition coefficient (Wildman–Crippen LogP) is 4.81. The highest BCUT2D eigenvalue weighted by Gasteiger charge is 2.32. The van der Waals surface area contributed by atoms with Crippen LogP contribution in [0.5, 0.6) is 23.0 Å². The minimum Gasteiger partial charge on any atom is -0.502 e. The number of fused-ring (bicyclic) bond motifs is 1. The van der Waals surface area contributed by atoms with Crippen molar-refractivity contribution in [1.29, 1.82) is 0 Å². The molecule has 1 N–H and O–H groups in total. The zero-order valence-electron chi connectivity index (χ0n) is 16.1. The van der Waals surface area contributed by atoms with Crippen molar-refractivity contribution in [2.75, 3.05) is 14.2 Å².